The molecule has 176 valence electrons. The van der Waals surface area contributed by atoms with Crippen molar-refractivity contribution in [3.05, 3.63) is 58.9 Å². The number of nitrogens with one attached hydrogen (secondary N) is 2. The summed E-state index contributed by atoms with van der Waals surface area (Å²) in [7, 11) is 0. The largest absolute Gasteiger partial charge is 0.444 e. The van der Waals surface area contributed by atoms with E-state index >= 15 is 0 Å². The Morgan fingerprint density at radius 3 is 2.55 bits per heavy atom. The summed E-state index contributed by atoms with van der Waals surface area (Å²) in [5.41, 5.74) is 2.06. The maximum atomic E-state index is 12.2. The predicted molar refractivity (Wildman–Crippen MR) is 134 cm³/mol. The van der Waals surface area contributed by atoms with Gasteiger partial charge in [-0.15, -0.1) is 0 Å². The number of ether oxygens (including phenoxy) is 1. The van der Waals surface area contributed by atoms with Gasteiger partial charge in [0.1, 0.15) is 5.60 Å². The molecule has 1 heterocycles. The van der Waals surface area contributed by atoms with Crippen LogP contribution in [0.4, 0.5) is 10.5 Å². The molecule has 7 nitrogen and oxygen atoms in total. The minimum atomic E-state index is -0.472. The van der Waals surface area contributed by atoms with E-state index in [0.29, 0.717) is 18.5 Å². The summed E-state index contributed by atoms with van der Waals surface area (Å²) in [4.78, 5) is 26.0. The fraction of sp³-hybridized carbons (Fsp3) is 0.423. The van der Waals surface area contributed by atoms with Gasteiger partial charge in [0.25, 0.3) is 5.56 Å². The van der Waals surface area contributed by atoms with E-state index in [1.165, 1.54) is 0 Å². The Kier molecular flexibility index (Phi) is 8.09. The molecule has 1 amide bonds. The number of H-pyrrole nitrogens is 1. The molecule has 0 aliphatic carbocycles. The highest BCUT2D eigenvalue weighted by Crippen LogP contribution is 2.26. The summed E-state index contributed by atoms with van der Waals surface area (Å²) >= 11 is 0. The number of hydrogen-bond acceptors (Lipinski definition) is 5. The minimum Gasteiger partial charge on any atom is -0.444 e. The summed E-state index contributed by atoms with van der Waals surface area (Å²) in [5.74, 6) is 0. The molecule has 7 heteroatoms. The van der Waals surface area contributed by atoms with Gasteiger partial charge in [-0.25, -0.2) is 9.89 Å². The van der Waals surface area contributed by atoms with Crippen molar-refractivity contribution in [1.82, 2.24) is 15.1 Å². The van der Waals surface area contributed by atoms with E-state index in [1.807, 2.05) is 70.2 Å². The lowest BCUT2D eigenvalue weighted by Gasteiger charge is -2.26. The number of carbonyl (C=O) groups excluding carboxylic acids is 1. The van der Waals surface area contributed by atoms with Crippen LogP contribution in [0.25, 0.3) is 22.0 Å². The maximum absolute atomic E-state index is 12.2. The normalized spacial score (nSPS) is 11.4. The first-order valence-electron chi connectivity index (χ1n) is 11.6. The quantitative estimate of drug-likeness (QED) is 0.425. The molecule has 0 atom stereocenters. The van der Waals surface area contributed by atoms with Crippen molar-refractivity contribution in [3.8, 4) is 11.3 Å². The second-order valence-corrected chi connectivity index (χ2v) is 9.08. The average Bonchev–Trinajstić information content (AvgIpc) is 2.78. The van der Waals surface area contributed by atoms with E-state index in [-0.39, 0.29) is 11.7 Å². The summed E-state index contributed by atoms with van der Waals surface area (Å²) in [6.07, 6.45) is 2.69. The third-order valence-electron chi connectivity index (χ3n) is 5.30. The monoisotopic (exact) mass is 450 g/mol. The molecule has 0 spiro atoms. The van der Waals surface area contributed by atoms with Gasteiger partial charge in [-0.05, 0) is 65.2 Å². The van der Waals surface area contributed by atoms with E-state index < -0.39 is 5.60 Å². The SMILES string of the molecule is CCN(CCCCCNc1cccc(-c2n[nH]c(=O)c3ccccc23)c1)C(=O)OC(C)(C)C. The van der Waals surface area contributed by atoms with Crippen LogP contribution in [0, 0.1) is 0 Å². The van der Waals surface area contributed by atoms with Gasteiger partial charge in [0.15, 0.2) is 0 Å². The summed E-state index contributed by atoms with van der Waals surface area (Å²) in [6, 6.07) is 15.6. The summed E-state index contributed by atoms with van der Waals surface area (Å²) < 4.78 is 5.46. The number of hydrogen-bond donors (Lipinski definition) is 2. The second kappa shape index (κ2) is 11.0. The molecule has 0 fully saturated rings. The van der Waals surface area contributed by atoms with Gasteiger partial charge < -0.3 is 15.0 Å². The fourth-order valence-electron chi connectivity index (χ4n) is 3.65. The Morgan fingerprint density at radius 2 is 1.82 bits per heavy atom. The van der Waals surface area contributed by atoms with Crippen LogP contribution in [-0.2, 0) is 4.74 Å². The van der Waals surface area contributed by atoms with Crippen molar-refractivity contribution >= 4 is 22.6 Å². The molecule has 2 aromatic carbocycles. The van der Waals surface area contributed by atoms with Crippen molar-refractivity contribution in [2.75, 3.05) is 25.0 Å². The number of aromatic amines is 1. The molecule has 0 aliphatic heterocycles. The second-order valence-electron chi connectivity index (χ2n) is 9.08. The van der Waals surface area contributed by atoms with Crippen LogP contribution in [-0.4, -0.2) is 46.4 Å². The van der Waals surface area contributed by atoms with Crippen LogP contribution in [0.5, 0.6) is 0 Å². The Bertz CT molecular complexity index is 1130. The van der Waals surface area contributed by atoms with Gasteiger partial charge in [0, 0.05) is 36.3 Å². The van der Waals surface area contributed by atoms with Gasteiger partial charge >= 0.3 is 6.09 Å². The lowest BCUT2D eigenvalue weighted by Crippen LogP contribution is -2.37. The van der Waals surface area contributed by atoms with Crippen molar-refractivity contribution < 1.29 is 9.53 Å². The van der Waals surface area contributed by atoms with Crippen molar-refractivity contribution in [1.29, 1.82) is 0 Å². The predicted octanol–water partition coefficient (Wildman–Crippen LogP) is 5.43. The fourth-order valence-corrected chi connectivity index (χ4v) is 3.65. The molecule has 0 saturated carbocycles. The Morgan fingerprint density at radius 1 is 1.06 bits per heavy atom. The zero-order valence-corrected chi connectivity index (χ0v) is 20.0. The van der Waals surface area contributed by atoms with Crippen LogP contribution in [0.2, 0.25) is 0 Å². The lowest BCUT2D eigenvalue weighted by atomic mass is 10.0. The van der Waals surface area contributed by atoms with Crippen LogP contribution < -0.4 is 10.9 Å². The zero-order chi connectivity index (χ0) is 23.8. The number of carbonyl (C=O) groups is 1. The molecule has 0 radical (unpaired) electrons. The third-order valence-corrected chi connectivity index (χ3v) is 5.30. The average molecular weight is 451 g/mol. The molecule has 0 aliphatic rings. The van der Waals surface area contributed by atoms with Crippen LogP contribution in [0.1, 0.15) is 47.0 Å². The highest BCUT2D eigenvalue weighted by molar-refractivity contribution is 5.94. The minimum absolute atomic E-state index is 0.183. The molecule has 0 bridgehead atoms. The molecule has 3 aromatic rings. The van der Waals surface area contributed by atoms with E-state index in [0.717, 1.165) is 48.1 Å². The molecular formula is C26H34N4O3. The van der Waals surface area contributed by atoms with Gasteiger partial charge in [-0.3, -0.25) is 4.79 Å². The van der Waals surface area contributed by atoms with E-state index in [2.05, 4.69) is 21.6 Å². The lowest BCUT2D eigenvalue weighted by molar-refractivity contribution is 0.0257. The van der Waals surface area contributed by atoms with E-state index in [9.17, 15) is 9.59 Å². The Labute approximate surface area is 195 Å². The highest BCUT2D eigenvalue weighted by atomic mass is 16.6. The topological polar surface area (TPSA) is 87.3 Å². The van der Waals surface area contributed by atoms with Gasteiger partial charge in [-0.1, -0.05) is 30.3 Å². The zero-order valence-electron chi connectivity index (χ0n) is 20.0. The Hall–Kier alpha value is -3.35. The summed E-state index contributed by atoms with van der Waals surface area (Å²) in [6.45, 7) is 9.80. The number of rotatable bonds is 9. The molecule has 0 saturated heterocycles. The highest BCUT2D eigenvalue weighted by Gasteiger charge is 2.20. The van der Waals surface area contributed by atoms with Crippen LogP contribution in [0.15, 0.2) is 53.3 Å². The summed E-state index contributed by atoms with van der Waals surface area (Å²) in [5, 5.41) is 11.8. The smallest absolute Gasteiger partial charge is 0.410 e. The van der Waals surface area contributed by atoms with Crippen molar-refractivity contribution in [3.63, 3.8) is 0 Å². The van der Waals surface area contributed by atoms with Gasteiger partial charge in [0.05, 0.1) is 11.1 Å². The molecular weight excluding hydrogens is 416 g/mol. The number of anilines is 1. The van der Waals surface area contributed by atoms with Crippen molar-refractivity contribution in [2.24, 2.45) is 0 Å². The van der Waals surface area contributed by atoms with E-state index in [4.69, 9.17) is 4.74 Å². The number of fused-ring (bicyclic) bond motifs is 1. The van der Waals surface area contributed by atoms with Crippen molar-refractivity contribution in [2.45, 2.75) is 52.6 Å². The number of benzene rings is 2. The first kappa shape index (κ1) is 24.3. The molecule has 33 heavy (non-hydrogen) atoms. The first-order chi connectivity index (χ1) is 15.8. The number of amides is 1. The van der Waals surface area contributed by atoms with E-state index in [1.54, 1.807) is 4.90 Å². The third kappa shape index (κ3) is 6.81. The first-order valence-corrected chi connectivity index (χ1v) is 11.6. The number of aromatic nitrogens is 2. The molecule has 3 rings (SSSR count). The number of nitrogens with zero attached hydrogens (tertiary/aromatic N) is 2. The van der Waals surface area contributed by atoms with Gasteiger partial charge in [0.2, 0.25) is 0 Å². The van der Waals surface area contributed by atoms with Crippen LogP contribution in [0.3, 0.4) is 0 Å². The van der Waals surface area contributed by atoms with Gasteiger partial charge in [-0.2, -0.15) is 5.10 Å². The molecule has 1 aromatic heterocycles. The van der Waals surface area contributed by atoms with Crippen LogP contribution >= 0.6 is 0 Å². The molecule has 0 unspecified atom stereocenters. The maximum Gasteiger partial charge on any atom is 0.410 e. The Balaban J connectivity index is 1.51. The number of unbranched alkanes of at least 4 members (excludes halogenated alkanes) is 2. The molecule has 2 N–H and O–H groups in total. The standard InChI is InChI=1S/C26H34N4O3/c1-5-30(25(32)33-26(2,3)4)17-10-6-9-16-27-20-13-11-12-19(18-20)23-21-14-7-8-15-22(21)24(31)29-28-23/h7-8,11-15,18,27H,5-6,9-10,16-17H2,1-4H3,(H,29,31).